The van der Waals surface area contributed by atoms with Crippen molar-refractivity contribution in [2.45, 2.75) is 17.9 Å². The number of nitrogens with zero attached hydrogens (tertiary/aromatic N) is 1. The van der Waals surface area contributed by atoms with Crippen molar-refractivity contribution in [1.29, 1.82) is 0 Å². The molecule has 0 saturated carbocycles. The second-order valence-corrected chi connectivity index (χ2v) is 7.19. The minimum absolute atomic E-state index is 0.0552. The van der Waals surface area contributed by atoms with Gasteiger partial charge in [0.2, 0.25) is 0 Å². The summed E-state index contributed by atoms with van der Waals surface area (Å²) in [6.45, 7) is 1.46. The molecule has 24 heavy (non-hydrogen) atoms. The van der Waals surface area contributed by atoms with Gasteiger partial charge in [-0.1, -0.05) is 18.2 Å². The molecule has 0 heterocycles. The zero-order valence-electron chi connectivity index (χ0n) is 13.5. The summed E-state index contributed by atoms with van der Waals surface area (Å²) in [6, 6.07) is 14.3. The molecular formula is C17H20N2O4S. The van der Waals surface area contributed by atoms with Crippen molar-refractivity contribution in [1.82, 2.24) is 5.32 Å². The van der Waals surface area contributed by atoms with Crippen LogP contribution in [-0.4, -0.2) is 39.1 Å². The van der Waals surface area contributed by atoms with Gasteiger partial charge in [0.1, 0.15) is 0 Å². The Morgan fingerprint density at radius 2 is 1.71 bits per heavy atom. The van der Waals surface area contributed by atoms with Crippen molar-refractivity contribution in [2.75, 3.05) is 17.9 Å². The van der Waals surface area contributed by atoms with Crippen LogP contribution in [0.25, 0.3) is 0 Å². The lowest BCUT2D eigenvalue weighted by Gasteiger charge is -2.25. The van der Waals surface area contributed by atoms with Crippen LogP contribution in [0.2, 0.25) is 0 Å². The largest absolute Gasteiger partial charge is 0.392 e. The average molecular weight is 348 g/mol. The number of carbonyl (C=O) groups is 1. The third kappa shape index (κ3) is 3.93. The van der Waals surface area contributed by atoms with Crippen molar-refractivity contribution < 1.29 is 18.3 Å². The van der Waals surface area contributed by atoms with Gasteiger partial charge in [-0.05, 0) is 43.3 Å². The van der Waals surface area contributed by atoms with Gasteiger partial charge in [0.05, 0.1) is 23.2 Å². The number of amides is 1. The molecule has 0 radical (unpaired) electrons. The maximum atomic E-state index is 12.9. The van der Waals surface area contributed by atoms with Crippen LogP contribution in [0.1, 0.15) is 17.3 Å². The lowest BCUT2D eigenvalue weighted by Crippen LogP contribution is -2.36. The van der Waals surface area contributed by atoms with Gasteiger partial charge in [-0.3, -0.25) is 9.10 Å². The Morgan fingerprint density at radius 3 is 2.21 bits per heavy atom. The Morgan fingerprint density at radius 1 is 1.12 bits per heavy atom. The Bertz CT molecular complexity index is 787. The highest BCUT2D eigenvalue weighted by atomic mass is 32.2. The quantitative estimate of drug-likeness (QED) is 0.830. The number of nitrogens with one attached hydrogen (secondary N) is 1. The molecule has 6 nitrogen and oxygen atoms in total. The number of aliphatic hydroxyl groups is 1. The van der Waals surface area contributed by atoms with E-state index in [1.807, 2.05) is 0 Å². The van der Waals surface area contributed by atoms with Gasteiger partial charge in [-0.2, -0.15) is 0 Å². The van der Waals surface area contributed by atoms with Crippen LogP contribution in [0.4, 0.5) is 5.69 Å². The molecule has 2 N–H and O–H groups in total. The van der Waals surface area contributed by atoms with Crippen molar-refractivity contribution >= 4 is 21.6 Å². The van der Waals surface area contributed by atoms with Crippen molar-refractivity contribution in [2.24, 2.45) is 0 Å². The Kier molecular flexibility index (Phi) is 5.58. The summed E-state index contributed by atoms with van der Waals surface area (Å²) >= 11 is 0. The predicted molar refractivity (Wildman–Crippen MR) is 92.5 cm³/mol. The van der Waals surface area contributed by atoms with Crippen LogP contribution in [0, 0.1) is 0 Å². The van der Waals surface area contributed by atoms with Crippen LogP contribution in [0.5, 0.6) is 0 Å². The van der Waals surface area contributed by atoms with E-state index in [2.05, 4.69) is 5.32 Å². The molecular weight excluding hydrogens is 328 g/mol. The smallest absolute Gasteiger partial charge is 0.264 e. The minimum atomic E-state index is -3.86. The summed E-state index contributed by atoms with van der Waals surface area (Å²) < 4.78 is 27.0. The molecule has 2 aromatic rings. The van der Waals surface area contributed by atoms with E-state index in [1.165, 1.54) is 38.2 Å². The molecule has 1 unspecified atom stereocenters. The first-order chi connectivity index (χ1) is 11.4. The van der Waals surface area contributed by atoms with E-state index in [0.29, 0.717) is 11.3 Å². The SMILES string of the molecule is CNC(=O)c1ccc(S(=O)(=O)N(CC(C)O)c2ccccc2)cc1. The van der Waals surface area contributed by atoms with E-state index in [-0.39, 0.29) is 17.3 Å². The molecule has 0 fully saturated rings. The molecule has 1 amide bonds. The summed E-state index contributed by atoms with van der Waals surface area (Å²) in [5, 5.41) is 12.2. The van der Waals surface area contributed by atoms with Gasteiger partial charge < -0.3 is 10.4 Å². The van der Waals surface area contributed by atoms with Crippen LogP contribution in [-0.2, 0) is 10.0 Å². The van der Waals surface area contributed by atoms with E-state index in [1.54, 1.807) is 30.3 Å². The zero-order chi connectivity index (χ0) is 17.7. The highest BCUT2D eigenvalue weighted by molar-refractivity contribution is 7.92. The Labute approximate surface area is 141 Å². The van der Waals surface area contributed by atoms with E-state index < -0.39 is 16.1 Å². The number of aliphatic hydroxyl groups excluding tert-OH is 1. The fourth-order valence-corrected chi connectivity index (χ4v) is 3.77. The first kappa shape index (κ1) is 18.0. The lowest BCUT2D eigenvalue weighted by molar-refractivity contribution is 0.0963. The van der Waals surface area contributed by atoms with Crippen LogP contribution in [0.3, 0.4) is 0 Å². The normalized spacial score (nSPS) is 12.5. The summed E-state index contributed by atoms with van der Waals surface area (Å²) in [5.74, 6) is -0.289. The van der Waals surface area contributed by atoms with Crippen molar-refractivity contribution in [3.8, 4) is 0 Å². The Balaban J connectivity index is 2.42. The highest BCUT2D eigenvalue weighted by Crippen LogP contribution is 2.24. The highest BCUT2D eigenvalue weighted by Gasteiger charge is 2.26. The molecule has 2 rings (SSSR count). The van der Waals surface area contributed by atoms with Gasteiger partial charge in [0, 0.05) is 12.6 Å². The number of hydrogen-bond donors (Lipinski definition) is 2. The van der Waals surface area contributed by atoms with E-state index >= 15 is 0 Å². The third-order valence-electron chi connectivity index (χ3n) is 3.41. The lowest BCUT2D eigenvalue weighted by atomic mass is 10.2. The molecule has 128 valence electrons. The summed E-state index contributed by atoms with van der Waals surface area (Å²) in [5.41, 5.74) is 0.840. The number of benzene rings is 2. The van der Waals surface area contributed by atoms with Crippen LogP contribution in [0.15, 0.2) is 59.5 Å². The van der Waals surface area contributed by atoms with Gasteiger partial charge >= 0.3 is 0 Å². The van der Waals surface area contributed by atoms with Gasteiger partial charge in [-0.15, -0.1) is 0 Å². The van der Waals surface area contributed by atoms with Crippen molar-refractivity contribution in [3.05, 3.63) is 60.2 Å². The molecule has 0 aliphatic carbocycles. The number of anilines is 1. The maximum absolute atomic E-state index is 12.9. The van der Waals surface area contributed by atoms with Crippen LogP contribution >= 0.6 is 0 Å². The van der Waals surface area contributed by atoms with E-state index in [4.69, 9.17) is 0 Å². The fourth-order valence-electron chi connectivity index (χ4n) is 2.23. The maximum Gasteiger partial charge on any atom is 0.264 e. The fraction of sp³-hybridized carbons (Fsp3) is 0.235. The molecule has 0 spiro atoms. The predicted octanol–water partition coefficient (Wildman–Crippen LogP) is 1.62. The molecule has 7 heteroatoms. The first-order valence-electron chi connectivity index (χ1n) is 7.44. The number of carbonyl (C=O) groups excluding carboxylic acids is 1. The molecule has 0 aliphatic rings. The van der Waals surface area contributed by atoms with Gasteiger partial charge in [0.15, 0.2) is 0 Å². The minimum Gasteiger partial charge on any atom is -0.392 e. The molecule has 0 saturated heterocycles. The second-order valence-electron chi connectivity index (χ2n) is 5.32. The van der Waals surface area contributed by atoms with Crippen molar-refractivity contribution in [3.63, 3.8) is 0 Å². The number of hydrogen-bond acceptors (Lipinski definition) is 4. The van der Waals surface area contributed by atoms with Gasteiger partial charge in [-0.25, -0.2) is 8.42 Å². The summed E-state index contributed by atoms with van der Waals surface area (Å²) in [6.07, 6.45) is -0.829. The third-order valence-corrected chi connectivity index (χ3v) is 5.21. The molecule has 0 aliphatic heterocycles. The number of sulfonamides is 1. The zero-order valence-corrected chi connectivity index (χ0v) is 14.3. The summed E-state index contributed by atoms with van der Waals surface area (Å²) in [7, 11) is -2.35. The number of rotatable bonds is 6. The van der Waals surface area contributed by atoms with Crippen LogP contribution < -0.4 is 9.62 Å². The average Bonchev–Trinajstić information content (AvgIpc) is 2.59. The first-order valence-corrected chi connectivity index (χ1v) is 8.88. The van der Waals surface area contributed by atoms with E-state index in [0.717, 1.165) is 4.31 Å². The van der Waals surface area contributed by atoms with Gasteiger partial charge in [0.25, 0.3) is 15.9 Å². The second kappa shape index (κ2) is 7.46. The summed E-state index contributed by atoms with van der Waals surface area (Å²) in [4.78, 5) is 11.6. The monoisotopic (exact) mass is 348 g/mol. The molecule has 1 atom stereocenters. The topological polar surface area (TPSA) is 86.7 Å². The molecule has 2 aromatic carbocycles. The Hall–Kier alpha value is -2.38. The van der Waals surface area contributed by atoms with E-state index in [9.17, 15) is 18.3 Å². The standard InChI is InChI=1S/C17H20N2O4S/c1-13(20)12-19(15-6-4-3-5-7-15)24(22,23)16-10-8-14(9-11-16)17(21)18-2/h3-11,13,20H,12H2,1-2H3,(H,18,21). The molecule has 0 aromatic heterocycles. The molecule has 0 bridgehead atoms. The number of para-hydroxylation sites is 1.